The molecular formula is C23H23N3OS. The van der Waals surface area contributed by atoms with Crippen LogP contribution < -0.4 is 4.74 Å². The van der Waals surface area contributed by atoms with Gasteiger partial charge in [-0.25, -0.2) is 4.85 Å². The average Bonchev–Trinajstić information content (AvgIpc) is 3.18. The van der Waals surface area contributed by atoms with Gasteiger partial charge in [-0.15, -0.1) is 10.2 Å². The lowest BCUT2D eigenvalue weighted by Crippen LogP contribution is -2.08. The molecule has 0 unspecified atom stereocenters. The van der Waals surface area contributed by atoms with Crippen molar-refractivity contribution in [3.05, 3.63) is 58.9 Å². The second kappa shape index (κ2) is 7.73. The van der Waals surface area contributed by atoms with E-state index in [-0.39, 0.29) is 6.10 Å². The summed E-state index contributed by atoms with van der Waals surface area (Å²) in [4.78, 5) is 3.62. The molecule has 142 valence electrons. The molecule has 1 aliphatic carbocycles. The van der Waals surface area contributed by atoms with Crippen LogP contribution in [0.5, 0.6) is 5.75 Å². The first-order chi connectivity index (χ1) is 13.6. The molecule has 0 bridgehead atoms. The molecule has 4 rings (SSSR count). The van der Waals surface area contributed by atoms with E-state index in [1.807, 2.05) is 32.0 Å². The van der Waals surface area contributed by atoms with Gasteiger partial charge < -0.3 is 4.74 Å². The standard InChI is InChI=1S/C23H23N3OS/c1-14(2)27-21-12-11-16(13-20(21)24-4)22-25-26-23(28-22)19-10-6-8-17-15(3)7-5-9-18(17)19/h6,8,10-15H,5,7,9H2,1-3H3/t15-/m0/s1. The Morgan fingerprint density at radius 1 is 1.18 bits per heavy atom. The van der Waals surface area contributed by atoms with Crippen LogP contribution in [0.1, 0.15) is 50.7 Å². The summed E-state index contributed by atoms with van der Waals surface area (Å²) in [6.07, 6.45) is 3.62. The lowest BCUT2D eigenvalue weighted by Gasteiger charge is -2.23. The largest absolute Gasteiger partial charge is 0.502 e. The predicted octanol–water partition coefficient (Wildman–Crippen LogP) is 6.65. The molecule has 0 amide bonds. The summed E-state index contributed by atoms with van der Waals surface area (Å²) in [6.45, 7) is 13.7. The Labute approximate surface area is 170 Å². The molecule has 1 atom stereocenters. The number of hydrogen-bond acceptors (Lipinski definition) is 4. The van der Waals surface area contributed by atoms with E-state index in [2.05, 4.69) is 40.2 Å². The van der Waals surface area contributed by atoms with E-state index in [1.165, 1.54) is 29.5 Å². The van der Waals surface area contributed by atoms with Gasteiger partial charge in [0.1, 0.15) is 15.8 Å². The topological polar surface area (TPSA) is 39.4 Å². The summed E-state index contributed by atoms with van der Waals surface area (Å²) in [5.41, 5.74) is 5.49. The highest BCUT2D eigenvalue weighted by Crippen LogP contribution is 2.40. The van der Waals surface area contributed by atoms with Crippen LogP contribution in [0.4, 0.5) is 5.69 Å². The monoisotopic (exact) mass is 389 g/mol. The van der Waals surface area contributed by atoms with Crippen molar-refractivity contribution >= 4 is 17.0 Å². The first-order valence-electron chi connectivity index (χ1n) is 9.71. The number of rotatable bonds is 4. The summed E-state index contributed by atoms with van der Waals surface area (Å²) >= 11 is 1.59. The van der Waals surface area contributed by atoms with E-state index in [0.29, 0.717) is 17.4 Å². The molecule has 1 aliphatic rings. The van der Waals surface area contributed by atoms with Crippen molar-refractivity contribution in [3.8, 4) is 26.9 Å². The molecule has 0 saturated carbocycles. The maximum absolute atomic E-state index is 7.46. The summed E-state index contributed by atoms with van der Waals surface area (Å²) in [5.74, 6) is 1.22. The second-order valence-electron chi connectivity index (χ2n) is 7.54. The Morgan fingerprint density at radius 3 is 2.79 bits per heavy atom. The van der Waals surface area contributed by atoms with Gasteiger partial charge in [-0.05, 0) is 62.3 Å². The zero-order valence-corrected chi connectivity index (χ0v) is 17.2. The van der Waals surface area contributed by atoms with Crippen molar-refractivity contribution in [3.63, 3.8) is 0 Å². The minimum Gasteiger partial charge on any atom is -0.502 e. The van der Waals surface area contributed by atoms with Gasteiger partial charge in [0, 0.05) is 11.1 Å². The van der Waals surface area contributed by atoms with Crippen LogP contribution in [-0.2, 0) is 6.42 Å². The van der Waals surface area contributed by atoms with E-state index < -0.39 is 0 Å². The van der Waals surface area contributed by atoms with Gasteiger partial charge >= 0.3 is 0 Å². The Balaban J connectivity index is 1.70. The number of benzene rings is 2. The lowest BCUT2D eigenvalue weighted by molar-refractivity contribution is 0.244. The molecule has 0 N–H and O–H groups in total. The van der Waals surface area contributed by atoms with E-state index in [9.17, 15) is 0 Å². The zero-order chi connectivity index (χ0) is 19.7. The summed E-state index contributed by atoms with van der Waals surface area (Å²) in [5, 5.41) is 10.7. The quantitative estimate of drug-likeness (QED) is 0.469. The fourth-order valence-corrected chi connectivity index (χ4v) is 4.72. The van der Waals surface area contributed by atoms with Gasteiger partial charge in [-0.3, -0.25) is 0 Å². The second-order valence-corrected chi connectivity index (χ2v) is 8.52. The molecule has 2 aromatic carbocycles. The number of aromatic nitrogens is 2. The number of fused-ring (bicyclic) bond motifs is 1. The third-order valence-corrected chi connectivity index (χ3v) is 6.16. The highest BCUT2D eigenvalue weighted by atomic mass is 32.1. The molecule has 0 spiro atoms. The summed E-state index contributed by atoms with van der Waals surface area (Å²) in [7, 11) is 0. The van der Waals surface area contributed by atoms with Crippen molar-refractivity contribution in [1.29, 1.82) is 0 Å². The summed E-state index contributed by atoms with van der Waals surface area (Å²) < 4.78 is 5.73. The van der Waals surface area contributed by atoms with Crippen molar-refractivity contribution in [1.82, 2.24) is 10.2 Å². The molecular weight excluding hydrogens is 366 g/mol. The summed E-state index contributed by atoms with van der Waals surface area (Å²) in [6, 6.07) is 12.2. The van der Waals surface area contributed by atoms with E-state index >= 15 is 0 Å². The third-order valence-electron chi connectivity index (χ3n) is 5.15. The number of ether oxygens (including phenoxy) is 1. The smallest absolute Gasteiger partial charge is 0.228 e. The van der Waals surface area contributed by atoms with Crippen LogP contribution in [0.3, 0.4) is 0 Å². The van der Waals surface area contributed by atoms with E-state index in [1.54, 1.807) is 11.3 Å². The maximum Gasteiger partial charge on any atom is 0.228 e. The minimum atomic E-state index is 0.0335. The molecule has 1 heterocycles. The van der Waals surface area contributed by atoms with Crippen LogP contribution in [0.25, 0.3) is 26.0 Å². The Morgan fingerprint density at radius 2 is 2.00 bits per heavy atom. The van der Waals surface area contributed by atoms with Gasteiger partial charge in [-0.2, -0.15) is 0 Å². The Hall–Kier alpha value is -2.71. The van der Waals surface area contributed by atoms with Gasteiger partial charge in [-0.1, -0.05) is 42.5 Å². The SMILES string of the molecule is [C-]#[N+]c1cc(-c2nnc(-c3cccc4c3CCC[C@@H]4C)s2)ccc1OC(C)C. The number of hydrogen-bond donors (Lipinski definition) is 0. The van der Waals surface area contributed by atoms with Crippen LogP contribution in [-0.4, -0.2) is 16.3 Å². The predicted molar refractivity (Wildman–Crippen MR) is 114 cm³/mol. The van der Waals surface area contributed by atoms with Crippen LogP contribution in [0.2, 0.25) is 0 Å². The lowest BCUT2D eigenvalue weighted by atomic mass is 9.82. The molecule has 4 nitrogen and oxygen atoms in total. The molecule has 0 radical (unpaired) electrons. The molecule has 0 aliphatic heterocycles. The number of nitrogens with zero attached hydrogens (tertiary/aromatic N) is 3. The molecule has 28 heavy (non-hydrogen) atoms. The van der Waals surface area contributed by atoms with Crippen LogP contribution in [0, 0.1) is 6.57 Å². The Kier molecular flexibility index (Phi) is 5.15. The molecule has 1 aromatic heterocycles. The first-order valence-corrected chi connectivity index (χ1v) is 10.5. The van der Waals surface area contributed by atoms with E-state index in [4.69, 9.17) is 11.3 Å². The van der Waals surface area contributed by atoms with Crippen LogP contribution in [0.15, 0.2) is 36.4 Å². The third kappa shape index (κ3) is 3.53. The van der Waals surface area contributed by atoms with Gasteiger partial charge in [0.05, 0.1) is 12.7 Å². The average molecular weight is 390 g/mol. The normalized spacial score (nSPS) is 15.9. The highest BCUT2D eigenvalue weighted by molar-refractivity contribution is 7.17. The Bertz CT molecular complexity index is 1050. The van der Waals surface area contributed by atoms with E-state index in [0.717, 1.165) is 22.0 Å². The maximum atomic E-state index is 7.46. The molecule has 0 fully saturated rings. The van der Waals surface area contributed by atoms with Gasteiger partial charge in [0.15, 0.2) is 0 Å². The first kappa shape index (κ1) is 18.6. The minimum absolute atomic E-state index is 0.0335. The van der Waals surface area contributed by atoms with Crippen LogP contribution >= 0.6 is 11.3 Å². The fraction of sp³-hybridized carbons (Fsp3) is 0.348. The van der Waals surface area contributed by atoms with Gasteiger partial charge in [0.2, 0.25) is 5.69 Å². The molecule has 5 heteroatoms. The fourth-order valence-electron chi connectivity index (χ4n) is 3.83. The highest BCUT2D eigenvalue weighted by Gasteiger charge is 2.21. The van der Waals surface area contributed by atoms with Crippen molar-refractivity contribution in [2.45, 2.75) is 52.1 Å². The zero-order valence-electron chi connectivity index (χ0n) is 16.4. The van der Waals surface area contributed by atoms with Crippen molar-refractivity contribution in [2.24, 2.45) is 0 Å². The van der Waals surface area contributed by atoms with Crippen molar-refractivity contribution in [2.75, 3.05) is 0 Å². The molecule has 3 aromatic rings. The van der Waals surface area contributed by atoms with Gasteiger partial charge in [0.25, 0.3) is 0 Å². The van der Waals surface area contributed by atoms with Crippen molar-refractivity contribution < 1.29 is 4.74 Å². The molecule has 0 saturated heterocycles.